The average molecular weight is 289 g/mol. The molecule has 108 valence electrons. The van der Waals surface area contributed by atoms with E-state index >= 15 is 0 Å². The minimum Gasteiger partial charge on any atom is -0.389 e. The van der Waals surface area contributed by atoms with Crippen LogP contribution in [0.3, 0.4) is 0 Å². The van der Waals surface area contributed by atoms with Gasteiger partial charge in [0.1, 0.15) is 10.8 Å². The molecule has 3 nitrogen and oxygen atoms in total. The van der Waals surface area contributed by atoms with Crippen LogP contribution in [0, 0.1) is 5.41 Å². The normalized spacial score (nSPS) is 21.9. The number of aromatic nitrogens is 1. The highest BCUT2D eigenvalue weighted by atomic mass is 32.1. The highest BCUT2D eigenvalue weighted by Crippen LogP contribution is 2.44. The fourth-order valence-electron chi connectivity index (χ4n) is 3.73. The van der Waals surface area contributed by atoms with Gasteiger partial charge in [0, 0.05) is 24.8 Å². The first-order valence-electron chi connectivity index (χ1n) is 7.69. The number of thiocarbonyl (C=S) groups is 1. The lowest BCUT2D eigenvalue weighted by Crippen LogP contribution is -2.41. The topological polar surface area (TPSA) is 42.1 Å². The molecule has 2 heterocycles. The van der Waals surface area contributed by atoms with Crippen LogP contribution in [0.15, 0.2) is 18.3 Å². The number of anilines is 1. The zero-order valence-corrected chi connectivity index (χ0v) is 12.8. The summed E-state index contributed by atoms with van der Waals surface area (Å²) in [5, 5.41) is 0. The summed E-state index contributed by atoms with van der Waals surface area (Å²) in [5.74, 6) is 1.07. The Morgan fingerprint density at radius 3 is 2.35 bits per heavy atom. The summed E-state index contributed by atoms with van der Waals surface area (Å²) < 4.78 is 0. The third-order valence-corrected chi connectivity index (χ3v) is 5.33. The van der Waals surface area contributed by atoms with E-state index in [-0.39, 0.29) is 0 Å². The Kier molecular flexibility index (Phi) is 3.92. The minimum atomic E-state index is 0.420. The molecule has 1 aromatic heterocycles. The van der Waals surface area contributed by atoms with Crippen molar-refractivity contribution in [2.24, 2.45) is 11.1 Å². The number of rotatable bonds is 2. The molecule has 1 saturated carbocycles. The van der Waals surface area contributed by atoms with Crippen LogP contribution in [-0.2, 0) is 0 Å². The first kappa shape index (κ1) is 13.8. The van der Waals surface area contributed by atoms with Gasteiger partial charge in [-0.15, -0.1) is 0 Å². The smallest absolute Gasteiger partial charge is 0.128 e. The summed E-state index contributed by atoms with van der Waals surface area (Å²) in [6.45, 7) is 2.28. The lowest BCUT2D eigenvalue weighted by atomic mass is 9.68. The minimum absolute atomic E-state index is 0.420. The van der Waals surface area contributed by atoms with Gasteiger partial charge in [-0.1, -0.05) is 31.5 Å². The fraction of sp³-hybridized carbons (Fsp3) is 0.625. The molecule has 0 atom stereocenters. The van der Waals surface area contributed by atoms with Crippen LogP contribution in [0.5, 0.6) is 0 Å². The van der Waals surface area contributed by atoms with Crippen molar-refractivity contribution >= 4 is 23.0 Å². The Labute approximate surface area is 126 Å². The van der Waals surface area contributed by atoms with E-state index in [4.69, 9.17) is 18.0 Å². The van der Waals surface area contributed by atoms with E-state index in [0.717, 1.165) is 24.5 Å². The Balaban J connectivity index is 1.64. The van der Waals surface area contributed by atoms with E-state index < -0.39 is 0 Å². The third kappa shape index (κ3) is 2.80. The van der Waals surface area contributed by atoms with Gasteiger partial charge in [-0.2, -0.15) is 0 Å². The van der Waals surface area contributed by atoms with Crippen molar-refractivity contribution in [3.8, 4) is 0 Å². The molecule has 20 heavy (non-hydrogen) atoms. The maximum Gasteiger partial charge on any atom is 0.128 e. The van der Waals surface area contributed by atoms with Crippen LogP contribution in [0.1, 0.15) is 50.5 Å². The van der Waals surface area contributed by atoms with Crippen molar-refractivity contribution in [2.75, 3.05) is 18.0 Å². The van der Waals surface area contributed by atoms with Gasteiger partial charge >= 0.3 is 0 Å². The van der Waals surface area contributed by atoms with E-state index in [9.17, 15) is 0 Å². The lowest BCUT2D eigenvalue weighted by molar-refractivity contribution is 0.144. The molecule has 1 aromatic rings. The molecule has 0 unspecified atom stereocenters. The van der Waals surface area contributed by atoms with Gasteiger partial charge < -0.3 is 10.6 Å². The number of hydrogen-bond donors (Lipinski definition) is 1. The van der Waals surface area contributed by atoms with Crippen LogP contribution in [0.4, 0.5) is 5.82 Å². The first-order valence-corrected chi connectivity index (χ1v) is 8.10. The monoisotopic (exact) mass is 289 g/mol. The SMILES string of the molecule is NC(=S)c1ccc(N2CCC3(CCCCC3)CC2)nc1. The highest BCUT2D eigenvalue weighted by Gasteiger charge is 2.35. The number of hydrogen-bond acceptors (Lipinski definition) is 3. The second kappa shape index (κ2) is 5.68. The third-order valence-electron chi connectivity index (χ3n) is 5.09. The molecule has 1 saturated heterocycles. The van der Waals surface area contributed by atoms with E-state index in [1.165, 1.54) is 44.9 Å². The zero-order chi connectivity index (χ0) is 14.0. The van der Waals surface area contributed by atoms with Crippen LogP contribution in [0.25, 0.3) is 0 Å². The molecule has 2 fully saturated rings. The van der Waals surface area contributed by atoms with Gasteiger partial charge in [0.15, 0.2) is 0 Å². The van der Waals surface area contributed by atoms with Crippen molar-refractivity contribution in [2.45, 2.75) is 44.9 Å². The maximum atomic E-state index is 5.61. The van der Waals surface area contributed by atoms with Crippen molar-refractivity contribution in [1.29, 1.82) is 0 Å². The van der Waals surface area contributed by atoms with Gasteiger partial charge in [-0.3, -0.25) is 0 Å². The Hall–Kier alpha value is -1.16. The quantitative estimate of drug-likeness (QED) is 0.849. The average Bonchev–Trinajstić information content (AvgIpc) is 2.49. The number of pyridine rings is 1. The summed E-state index contributed by atoms with van der Waals surface area (Å²) >= 11 is 4.97. The van der Waals surface area contributed by atoms with Crippen molar-refractivity contribution in [3.63, 3.8) is 0 Å². The van der Waals surface area contributed by atoms with Crippen molar-refractivity contribution in [3.05, 3.63) is 23.9 Å². The molecule has 0 radical (unpaired) electrons. The van der Waals surface area contributed by atoms with E-state index in [1.807, 2.05) is 12.1 Å². The Morgan fingerprint density at radius 1 is 1.10 bits per heavy atom. The molecular weight excluding hydrogens is 266 g/mol. The fourth-order valence-corrected chi connectivity index (χ4v) is 3.85. The van der Waals surface area contributed by atoms with E-state index in [2.05, 4.69) is 9.88 Å². The number of nitrogens with zero attached hydrogens (tertiary/aromatic N) is 2. The molecule has 3 rings (SSSR count). The van der Waals surface area contributed by atoms with Crippen molar-refractivity contribution in [1.82, 2.24) is 4.98 Å². The van der Waals surface area contributed by atoms with Crippen LogP contribution in [0.2, 0.25) is 0 Å². The van der Waals surface area contributed by atoms with E-state index in [0.29, 0.717) is 10.4 Å². The summed E-state index contributed by atoms with van der Waals surface area (Å²) in [4.78, 5) is 7.34. The molecule has 4 heteroatoms. The summed E-state index contributed by atoms with van der Waals surface area (Å²) in [7, 11) is 0. The molecule has 1 aliphatic carbocycles. The predicted octanol–water partition coefficient (Wildman–Crippen LogP) is 3.27. The molecule has 2 N–H and O–H groups in total. The maximum absolute atomic E-state index is 5.61. The van der Waals surface area contributed by atoms with Gasteiger partial charge in [0.05, 0.1) is 0 Å². The zero-order valence-electron chi connectivity index (χ0n) is 12.0. The van der Waals surface area contributed by atoms with Crippen molar-refractivity contribution < 1.29 is 0 Å². The second-order valence-electron chi connectivity index (χ2n) is 6.32. The van der Waals surface area contributed by atoms with Crippen LogP contribution >= 0.6 is 12.2 Å². The van der Waals surface area contributed by atoms with Gasteiger partial charge in [0.2, 0.25) is 0 Å². The van der Waals surface area contributed by atoms with Crippen LogP contribution in [-0.4, -0.2) is 23.1 Å². The van der Waals surface area contributed by atoms with Crippen LogP contribution < -0.4 is 10.6 Å². The van der Waals surface area contributed by atoms with Gasteiger partial charge in [-0.25, -0.2) is 4.98 Å². The predicted molar refractivity (Wildman–Crippen MR) is 87.1 cm³/mol. The molecule has 1 spiro atoms. The van der Waals surface area contributed by atoms with Gasteiger partial charge in [-0.05, 0) is 43.2 Å². The lowest BCUT2D eigenvalue weighted by Gasteiger charge is -2.44. The molecule has 0 aromatic carbocycles. The highest BCUT2D eigenvalue weighted by molar-refractivity contribution is 7.80. The summed E-state index contributed by atoms with van der Waals surface area (Å²) in [5.41, 5.74) is 7.11. The second-order valence-corrected chi connectivity index (χ2v) is 6.76. The summed E-state index contributed by atoms with van der Waals surface area (Å²) in [6.07, 6.45) is 11.6. The summed E-state index contributed by atoms with van der Waals surface area (Å²) in [6, 6.07) is 4.03. The molecule has 1 aliphatic heterocycles. The Morgan fingerprint density at radius 2 is 1.80 bits per heavy atom. The van der Waals surface area contributed by atoms with E-state index in [1.54, 1.807) is 6.20 Å². The number of nitrogens with two attached hydrogens (primary N) is 1. The van der Waals surface area contributed by atoms with Gasteiger partial charge in [0.25, 0.3) is 0 Å². The Bertz CT molecular complexity index is 467. The first-order chi connectivity index (χ1) is 9.69. The standard InChI is InChI=1S/C16H23N3S/c17-15(20)13-4-5-14(18-12-13)19-10-8-16(9-11-19)6-2-1-3-7-16/h4-5,12H,1-3,6-11H2,(H2,17,20). The molecule has 2 aliphatic rings. The largest absolute Gasteiger partial charge is 0.389 e. The molecular formula is C16H23N3S. The number of piperidine rings is 1. The molecule has 0 bridgehead atoms. The molecule has 0 amide bonds.